The Morgan fingerprint density at radius 3 is 2.80 bits per heavy atom. The molecule has 1 atom stereocenters. The Bertz CT molecular complexity index is 502. The van der Waals surface area contributed by atoms with Crippen molar-refractivity contribution < 1.29 is 15.1 Å². The van der Waals surface area contributed by atoms with Crippen LogP contribution in [0.4, 0.5) is 11.4 Å². The highest BCUT2D eigenvalue weighted by Gasteiger charge is 2.26. The van der Waals surface area contributed by atoms with Gasteiger partial charge in [-0.3, -0.25) is 10.1 Å². The van der Waals surface area contributed by atoms with Crippen molar-refractivity contribution in [3.8, 4) is 0 Å². The van der Waals surface area contributed by atoms with Crippen LogP contribution in [-0.4, -0.2) is 33.8 Å². The molecule has 0 bridgehead atoms. The lowest BCUT2D eigenvalue weighted by molar-refractivity contribution is -0.384. The summed E-state index contributed by atoms with van der Waals surface area (Å²) in [6.07, 6.45) is 2.24. The molecule has 1 heterocycles. The molecule has 0 amide bonds. The van der Waals surface area contributed by atoms with Gasteiger partial charge in [-0.25, -0.2) is 0 Å². The summed E-state index contributed by atoms with van der Waals surface area (Å²) in [5.41, 5.74) is 0.700. The number of aliphatic hydroxyl groups excluding tert-OH is 1. The summed E-state index contributed by atoms with van der Waals surface area (Å²) in [6.45, 7) is 3.06. The van der Waals surface area contributed by atoms with Gasteiger partial charge in [-0.05, 0) is 32.3 Å². The molecule has 1 aliphatic heterocycles. The molecule has 0 aromatic heterocycles. The number of non-ortho nitro benzene ring substituents is 1. The molecule has 110 valence electrons. The average molecular weight is 280 g/mol. The van der Waals surface area contributed by atoms with E-state index in [9.17, 15) is 20.3 Å². The number of nitro groups is 1. The molecule has 1 aliphatic rings. The van der Waals surface area contributed by atoms with E-state index in [1.165, 1.54) is 12.1 Å². The van der Waals surface area contributed by atoms with Crippen molar-refractivity contribution in [2.75, 3.05) is 18.0 Å². The van der Waals surface area contributed by atoms with Gasteiger partial charge in [0.25, 0.3) is 5.69 Å². The minimum absolute atomic E-state index is 0.0142. The zero-order valence-electron chi connectivity index (χ0n) is 11.6. The van der Waals surface area contributed by atoms with Gasteiger partial charge in [0.05, 0.1) is 17.1 Å². The SMILES string of the molecule is CC1(O)CCCN(c2ccc([N+](=O)[O-])cc2CO)CC1. The number of aliphatic hydroxyl groups is 2. The zero-order chi connectivity index (χ0) is 14.8. The molecule has 1 saturated heterocycles. The normalized spacial score (nSPS) is 23.4. The van der Waals surface area contributed by atoms with Crippen LogP contribution in [0.15, 0.2) is 18.2 Å². The molecule has 2 rings (SSSR count). The summed E-state index contributed by atoms with van der Waals surface area (Å²) < 4.78 is 0. The maximum atomic E-state index is 10.8. The number of nitrogens with zero attached hydrogens (tertiary/aromatic N) is 2. The monoisotopic (exact) mass is 280 g/mol. The van der Waals surface area contributed by atoms with Crippen molar-refractivity contribution in [3.05, 3.63) is 33.9 Å². The van der Waals surface area contributed by atoms with Crippen LogP contribution in [0.3, 0.4) is 0 Å². The van der Waals surface area contributed by atoms with Gasteiger partial charge in [0.15, 0.2) is 0 Å². The van der Waals surface area contributed by atoms with Crippen LogP contribution in [0, 0.1) is 10.1 Å². The second-order valence-corrected chi connectivity index (χ2v) is 5.57. The Kier molecular flexibility index (Phi) is 4.25. The van der Waals surface area contributed by atoms with Crippen LogP contribution in [0.2, 0.25) is 0 Å². The first-order chi connectivity index (χ1) is 9.43. The van der Waals surface area contributed by atoms with Crippen LogP contribution in [0.1, 0.15) is 31.7 Å². The molecular formula is C14H20N2O4. The topological polar surface area (TPSA) is 86.8 Å². The number of anilines is 1. The lowest BCUT2D eigenvalue weighted by Gasteiger charge is -2.26. The molecule has 6 heteroatoms. The Morgan fingerprint density at radius 2 is 2.15 bits per heavy atom. The summed E-state index contributed by atoms with van der Waals surface area (Å²) in [7, 11) is 0. The van der Waals surface area contributed by atoms with Crippen molar-refractivity contribution in [2.24, 2.45) is 0 Å². The number of rotatable bonds is 3. The van der Waals surface area contributed by atoms with E-state index in [1.54, 1.807) is 6.07 Å². The molecule has 0 spiro atoms. The summed E-state index contributed by atoms with van der Waals surface area (Å²) in [4.78, 5) is 12.4. The van der Waals surface area contributed by atoms with Gasteiger partial charge in [0.1, 0.15) is 0 Å². The molecule has 1 fully saturated rings. The smallest absolute Gasteiger partial charge is 0.269 e. The maximum Gasteiger partial charge on any atom is 0.269 e. The first kappa shape index (κ1) is 14.7. The van der Waals surface area contributed by atoms with Gasteiger partial charge in [-0.15, -0.1) is 0 Å². The fourth-order valence-corrected chi connectivity index (χ4v) is 2.62. The van der Waals surface area contributed by atoms with Gasteiger partial charge in [-0.1, -0.05) is 0 Å². The molecule has 0 aliphatic carbocycles. The molecule has 0 radical (unpaired) electrons. The third-order valence-electron chi connectivity index (χ3n) is 3.85. The number of hydrogen-bond donors (Lipinski definition) is 2. The van der Waals surface area contributed by atoms with E-state index in [0.29, 0.717) is 18.5 Å². The second-order valence-electron chi connectivity index (χ2n) is 5.57. The Labute approximate surface area is 117 Å². The summed E-state index contributed by atoms with van der Waals surface area (Å²) in [5.74, 6) is 0. The fourth-order valence-electron chi connectivity index (χ4n) is 2.62. The minimum Gasteiger partial charge on any atom is -0.392 e. The van der Waals surface area contributed by atoms with Crippen molar-refractivity contribution in [1.82, 2.24) is 0 Å². The van der Waals surface area contributed by atoms with Crippen LogP contribution >= 0.6 is 0 Å². The van der Waals surface area contributed by atoms with E-state index in [0.717, 1.165) is 25.1 Å². The molecule has 20 heavy (non-hydrogen) atoms. The third-order valence-corrected chi connectivity index (χ3v) is 3.85. The number of hydrogen-bond acceptors (Lipinski definition) is 5. The lowest BCUT2D eigenvalue weighted by atomic mass is 9.98. The van der Waals surface area contributed by atoms with Gasteiger partial charge in [-0.2, -0.15) is 0 Å². The van der Waals surface area contributed by atoms with Gasteiger partial charge in [0.2, 0.25) is 0 Å². The fraction of sp³-hybridized carbons (Fsp3) is 0.571. The van der Waals surface area contributed by atoms with Gasteiger partial charge in [0, 0.05) is 36.5 Å². The third kappa shape index (κ3) is 3.26. The molecule has 1 unspecified atom stereocenters. The van der Waals surface area contributed by atoms with Crippen LogP contribution in [-0.2, 0) is 6.61 Å². The first-order valence-electron chi connectivity index (χ1n) is 6.78. The Balaban J connectivity index is 2.25. The first-order valence-corrected chi connectivity index (χ1v) is 6.78. The predicted molar refractivity (Wildman–Crippen MR) is 75.7 cm³/mol. The second kappa shape index (κ2) is 5.76. The largest absolute Gasteiger partial charge is 0.392 e. The summed E-state index contributed by atoms with van der Waals surface area (Å²) >= 11 is 0. The number of nitro benzene ring substituents is 1. The maximum absolute atomic E-state index is 10.8. The van der Waals surface area contributed by atoms with Gasteiger partial charge >= 0.3 is 0 Å². The van der Waals surface area contributed by atoms with Crippen molar-refractivity contribution >= 4 is 11.4 Å². The highest BCUT2D eigenvalue weighted by molar-refractivity contribution is 5.57. The molecular weight excluding hydrogens is 260 g/mol. The van der Waals surface area contributed by atoms with E-state index >= 15 is 0 Å². The van der Waals surface area contributed by atoms with Crippen LogP contribution in [0.25, 0.3) is 0 Å². The molecule has 6 nitrogen and oxygen atoms in total. The molecule has 0 saturated carbocycles. The highest BCUT2D eigenvalue weighted by atomic mass is 16.6. The zero-order valence-corrected chi connectivity index (χ0v) is 11.6. The minimum atomic E-state index is -0.658. The van der Waals surface area contributed by atoms with Crippen molar-refractivity contribution in [1.29, 1.82) is 0 Å². The average Bonchev–Trinajstić information content (AvgIpc) is 2.59. The van der Waals surface area contributed by atoms with E-state index in [1.807, 2.05) is 6.92 Å². The van der Waals surface area contributed by atoms with Crippen LogP contribution in [0.5, 0.6) is 0 Å². The van der Waals surface area contributed by atoms with Crippen molar-refractivity contribution in [2.45, 2.75) is 38.4 Å². The van der Waals surface area contributed by atoms with E-state index < -0.39 is 10.5 Å². The Hall–Kier alpha value is -1.66. The van der Waals surface area contributed by atoms with E-state index in [2.05, 4.69) is 4.90 Å². The summed E-state index contributed by atoms with van der Waals surface area (Å²) in [6, 6.07) is 4.56. The standard InChI is InChI=1S/C14H20N2O4/c1-14(18)5-2-7-15(8-6-14)13-4-3-12(16(19)20)9-11(13)10-17/h3-4,9,17-18H,2,5-8,10H2,1H3. The van der Waals surface area contributed by atoms with Crippen molar-refractivity contribution in [3.63, 3.8) is 0 Å². The Morgan fingerprint density at radius 1 is 1.40 bits per heavy atom. The van der Waals surface area contributed by atoms with Gasteiger partial charge < -0.3 is 15.1 Å². The van der Waals surface area contributed by atoms with E-state index in [4.69, 9.17) is 0 Å². The molecule has 2 N–H and O–H groups in total. The highest BCUT2D eigenvalue weighted by Crippen LogP contribution is 2.29. The predicted octanol–water partition coefficient (Wildman–Crippen LogP) is 1.83. The molecule has 1 aromatic carbocycles. The lowest BCUT2D eigenvalue weighted by Crippen LogP contribution is -2.28. The quantitative estimate of drug-likeness (QED) is 0.651. The van der Waals surface area contributed by atoms with Crippen LogP contribution < -0.4 is 4.90 Å². The van der Waals surface area contributed by atoms with E-state index in [-0.39, 0.29) is 12.3 Å². The molecule has 1 aromatic rings. The summed E-state index contributed by atoms with van der Waals surface area (Å²) in [5, 5.41) is 30.3. The number of benzene rings is 1.